The van der Waals surface area contributed by atoms with Crippen LogP contribution in [0.5, 0.6) is 0 Å². The molecule has 172 valence electrons. The number of nitrogens with zero attached hydrogens (tertiary/aromatic N) is 2. The zero-order valence-corrected chi connectivity index (χ0v) is 17.3. The number of pyridine rings is 1. The quantitative estimate of drug-likeness (QED) is 0.579. The molecule has 0 aliphatic carbocycles. The van der Waals surface area contributed by atoms with E-state index >= 15 is 4.39 Å². The molecule has 10 heteroatoms. The Balaban J connectivity index is 1.52. The summed E-state index contributed by atoms with van der Waals surface area (Å²) in [5.74, 6) is -1.06. The van der Waals surface area contributed by atoms with E-state index in [4.69, 9.17) is 15.2 Å². The van der Waals surface area contributed by atoms with Crippen molar-refractivity contribution >= 4 is 22.6 Å². The van der Waals surface area contributed by atoms with Crippen molar-refractivity contribution < 1.29 is 31.8 Å². The highest BCUT2D eigenvalue weighted by Crippen LogP contribution is 2.35. The molecule has 1 aromatic heterocycles. The average Bonchev–Trinajstić information content (AvgIpc) is 3.29. The Hall–Kier alpha value is -3.24. The number of rotatable bonds is 2. The second-order valence-electron chi connectivity index (χ2n) is 8.01. The molecule has 0 spiro atoms. The topological polar surface area (TPSA) is 77.7 Å². The van der Waals surface area contributed by atoms with Gasteiger partial charge in [-0.1, -0.05) is 12.1 Å². The Morgan fingerprint density at radius 3 is 2.55 bits per heavy atom. The molecule has 2 aliphatic rings. The van der Waals surface area contributed by atoms with Gasteiger partial charge in [-0.25, -0.2) is 9.37 Å². The number of morpholine rings is 1. The number of nitrogens with two attached hydrogens (primary N) is 1. The van der Waals surface area contributed by atoms with Crippen LogP contribution in [-0.2, 0) is 28.9 Å². The Bertz CT molecular complexity index is 1240. The van der Waals surface area contributed by atoms with Crippen LogP contribution in [-0.4, -0.2) is 35.5 Å². The fourth-order valence-corrected chi connectivity index (χ4v) is 4.33. The third-order valence-electron chi connectivity index (χ3n) is 6.06. The van der Waals surface area contributed by atoms with Crippen LogP contribution in [0.3, 0.4) is 0 Å². The molecule has 1 amide bonds. The van der Waals surface area contributed by atoms with Crippen molar-refractivity contribution in [1.29, 1.82) is 0 Å². The van der Waals surface area contributed by atoms with Crippen LogP contribution in [0, 0.1) is 5.82 Å². The standard InChI is InChI=1S/C23H19F4N3O3/c24-18-8-19-14(16-9-33-10-17(16)21(28)29-19)7-15(18)22(31)30-5-6-32-11-20(30)12-1-3-13(4-2-12)23(25,26)27/h1-4,7-8,20H,5-6,9-11H2,(H2,28,29)/t20-/m1/s1. The molecule has 0 bridgehead atoms. The number of benzene rings is 2. The first-order valence-electron chi connectivity index (χ1n) is 10.3. The van der Waals surface area contributed by atoms with Gasteiger partial charge in [0.25, 0.3) is 5.91 Å². The van der Waals surface area contributed by atoms with Crippen LogP contribution in [0.4, 0.5) is 23.4 Å². The van der Waals surface area contributed by atoms with Gasteiger partial charge in [0.05, 0.1) is 49.1 Å². The first kappa shape index (κ1) is 21.6. The highest BCUT2D eigenvalue weighted by Gasteiger charge is 2.34. The van der Waals surface area contributed by atoms with Gasteiger partial charge in [0.15, 0.2) is 0 Å². The minimum Gasteiger partial charge on any atom is -0.383 e. The number of hydrogen-bond acceptors (Lipinski definition) is 5. The molecule has 3 aromatic rings. The largest absolute Gasteiger partial charge is 0.416 e. The number of aromatic nitrogens is 1. The van der Waals surface area contributed by atoms with E-state index in [1.54, 1.807) is 0 Å². The van der Waals surface area contributed by atoms with Gasteiger partial charge in [-0.05, 0) is 29.3 Å². The molecule has 2 N–H and O–H groups in total. The number of hydrogen-bond donors (Lipinski definition) is 1. The van der Waals surface area contributed by atoms with Gasteiger partial charge in [0, 0.05) is 23.6 Å². The van der Waals surface area contributed by atoms with E-state index in [2.05, 4.69) is 4.98 Å². The number of carbonyl (C=O) groups excluding carboxylic acids is 1. The third-order valence-corrected chi connectivity index (χ3v) is 6.06. The highest BCUT2D eigenvalue weighted by atomic mass is 19.4. The molecule has 2 aliphatic heterocycles. The lowest BCUT2D eigenvalue weighted by Gasteiger charge is -2.36. The van der Waals surface area contributed by atoms with Crippen molar-refractivity contribution in [1.82, 2.24) is 9.88 Å². The SMILES string of the molecule is Nc1nc2cc(F)c(C(=O)N3CCOC[C@@H]3c3ccc(C(F)(F)F)cc3)cc2c2c1COC2. The highest BCUT2D eigenvalue weighted by molar-refractivity contribution is 6.00. The summed E-state index contributed by atoms with van der Waals surface area (Å²) in [4.78, 5) is 19.1. The fourth-order valence-electron chi connectivity index (χ4n) is 4.33. The van der Waals surface area contributed by atoms with Crippen LogP contribution >= 0.6 is 0 Å². The van der Waals surface area contributed by atoms with Crippen LogP contribution in [0.15, 0.2) is 36.4 Å². The van der Waals surface area contributed by atoms with Crippen LogP contribution in [0.2, 0.25) is 0 Å². The summed E-state index contributed by atoms with van der Waals surface area (Å²) < 4.78 is 64.7. The monoisotopic (exact) mass is 461 g/mol. The zero-order chi connectivity index (χ0) is 23.3. The lowest BCUT2D eigenvalue weighted by Crippen LogP contribution is -2.43. The van der Waals surface area contributed by atoms with Crippen molar-refractivity contribution in [2.24, 2.45) is 0 Å². The second-order valence-corrected chi connectivity index (χ2v) is 8.01. The summed E-state index contributed by atoms with van der Waals surface area (Å²) in [5.41, 5.74) is 7.31. The van der Waals surface area contributed by atoms with E-state index in [0.29, 0.717) is 23.1 Å². The summed E-state index contributed by atoms with van der Waals surface area (Å²) >= 11 is 0. The summed E-state index contributed by atoms with van der Waals surface area (Å²) in [6, 6.07) is 6.52. The fraction of sp³-hybridized carbons (Fsp3) is 0.304. The van der Waals surface area contributed by atoms with Gasteiger partial charge in [0.2, 0.25) is 0 Å². The van der Waals surface area contributed by atoms with Gasteiger partial charge in [-0.15, -0.1) is 0 Å². The molecular weight excluding hydrogens is 442 g/mol. The van der Waals surface area contributed by atoms with Gasteiger partial charge in [0.1, 0.15) is 11.6 Å². The second kappa shape index (κ2) is 7.96. The van der Waals surface area contributed by atoms with E-state index in [0.717, 1.165) is 23.3 Å². The van der Waals surface area contributed by atoms with Gasteiger partial charge in [-0.2, -0.15) is 13.2 Å². The molecule has 1 saturated heterocycles. The zero-order valence-electron chi connectivity index (χ0n) is 17.3. The predicted molar refractivity (Wildman–Crippen MR) is 111 cm³/mol. The Morgan fingerprint density at radius 1 is 1.09 bits per heavy atom. The van der Waals surface area contributed by atoms with Crippen molar-refractivity contribution in [3.8, 4) is 0 Å². The van der Waals surface area contributed by atoms with E-state index in [-0.39, 0.29) is 37.7 Å². The molecule has 0 saturated carbocycles. The molecule has 1 atom stereocenters. The lowest BCUT2D eigenvalue weighted by atomic mass is 9.99. The maximum absolute atomic E-state index is 15.0. The Labute approximate surface area is 185 Å². The van der Waals surface area contributed by atoms with Crippen molar-refractivity contribution in [3.63, 3.8) is 0 Å². The van der Waals surface area contributed by atoms with Crippen molar-refractivity contribution in [3.05, 3.63) is 70.0 Å². The van der Waals surface area contributed by atoms with E-state index in [9.17, 15) is 18.0 Å². The predicted octanol–water partition coefficient (Wildman–Crippen LogP) is 4.22. The van der Waals surface area contributed by atoms with Crippen molar-refractivity contribution in [2.75, 3.05) is 25.5 Å². The number of amides is 1. The lowest BCUT2D eigenvalue weighted by molar-refractivity contribution is -0.137. The van der Waals surface area contributed by atoms with Gasteiger partial charge < -0.3 is 20.1 Å². The van der Waals surface area contributed by atoms with Crippen molar-refractivity contribution in [2.45, 2.75) is 25.4 Å². The number of alkyl halides is 3. The smallest absolute Gasteiger partial charge is 0.383 e. The number of carbonyl (C=O) groups is 1. The summed E-state index contributed by atoms with van der Waals surface area (Å²) in [5, 5.41) is 0.584. The molecule has 3 heterocycles. The van der Waals surface area contributed by atoms with E-state index in [1.165, 1.54) is 29.2 Å². The Morgan fingerprint density at radius 2 is 1.82 bits per heavy atom. The maximum atomic E-state index is 15.0. The molecule has 0 radical (unpaired) electrons. The summed E-state index contributed by atoms with van der Waals surface area (Å²) in [6.45, 7) is 1.07. The van der Waals surface area contributed by atoms with Crippen LogP contribution in [0.1, 0.15) is 38.7 Å². The molecule has 33 heavy (non-hydrogen) atoms. The number of anilines is 1. The van der Waals surface area contributed by atoms with Gasteiger partial charge in [-0.3, -0.25) is 4.79 Å². The van der Waals surface area contributed by atoms with Crippen LogP contribution < -0.4 is 5.73 Å². The molecule has 1 fully saturated rings. The normalized spacial score (nSPS) is 18.5. The van der Waals surface area contributed by atoms with Gasteiger partial charge >= 0.3 is 6.18 Å². The first-order chi connectivity index (χ1) is 15.7. The number of halogens is 4. The van der Waals surface area contributed by atoms with Crippen LogP contribution in [0.25, 0.3) is 10.9 Å². The third kappa shape index (κ3) is 3.79. The number of nitrogen functional groups attached to an aromatic ring is 1. The summed E-state index contributed by atoms with van der Waals surface area (Å²) in [7, 11) is 0. The van der Waals surface area contributed by atoms with E-state index in [1.807, 2.05) is 0 Å². The number of fused-ring (bicyclic) bond motifs is 3. The Kier molecular flexibility index (Phi) is 5.21. The maximum Gasteiger partial charge on any atom is 0.416 e. The average molecular weight is 461 g/mol. The molecule has 6 nitrogen and oxygen atoms in total. The van der Waals surface area contributed by atoms with E-state index < -0.39 is 29.5 Å². The minimum atomic E-state index is -4.47. The number of ether oxygens (including phenoxy) is 2. The molecule has 0 unspecified atom stereocenters. The summed E-state index contributed by atoms with van der Waals surface area (Å²) in [6.07, 6.45) is -4.47. The minimum absolute atomic E-state index is 0.0909. The molecule has 5 rings (SSSR count). The molecular formula is C23H19F4N3O3. The first-order valence-corrected chi connectivity index (χ1v) is 10.3. The molecule has 2 aromatic carbocycles.